The summed E-state index contributed by atoms with van der Waals surface area (Å²) < 4.78 is 12.3. The van der Waals surface area contributed by atoms with Crippen molar-refractivity contribution in [3.8, 4) is 0 Å². The van der Waals surface area contributed by atoms with Crippen LogP contribution in [0.1, 0.15) is 33.6 Å². The average molecular weight is 298 g/mol. The van der Waals surface area contributed by atoms with Gasteiger partial charge in [0.15, 0.2) is 8.32 Å². The minimum absolute atomic E-state index is 0.110. The van der Waals surface area contributed by atoms with Crippen LogP contribution >= 0.6 is 0 Å². The van der Waals surface area contributed by atoms with Crippen molar-refractivity contribution < 1.29 is 14.3 Å². The van der Waals surface area contributed by atoms with Gasteiger partial charge in [0.1, 0.15) is 6.10 Å². The van der Waals surface area contributed by atoms with Gasteiger partial charge in [0.25, 0.3) is 0 Å². The molecule has 0 unspecified atom stereocenters. The molecule has 0 spiro atoms. The molecule has 4 atom stereocenters. The lowest BCUT2D eigenvalue weighted by Crippen LogP contribution is -2.49. The molecule has 1 saturated heterocycles. The molecule has 0 aromatic heterocycles. The van der Waals surface area contributed by atoms with Crippen LogP contribution in [0.25, 0.3) is 0 Å². The third-order valence-electron chi connectivity index (χ3n) is 4.47. The molecule has 0 bridgehead atoms. The van der Waals surface area contributed by atoms with Crippen LogP contribution < -0.4 is 0 Å². The minimum Gasteiger partial charge on any atom is -0.409 e. The molecule has 116 valence electrons. The van der Waals surface area contributed by atoms with Crippen LogP contribution in [0.15, 0.2) is 25.3 Å². The van der Waals surface area contributed by atoms with Crippen LogP contribution in [0, 0.1) is 0 Å². The van der Waals surface area contributed by atoms with E-state index in [1.54, 1.807) is 6.08 Å². The van der Waals surface area contributed by atoms with Gasteiger partial charge in [0.05, 0.1) is 18.3 Å². The van der Waals surface area contributed by atoms with Crippen molar-refractivity contribution in [2.45, 2.75) is 76.2 Å². The van der Waals surface area contributed by atoms with E-state index in [1.807, 2.05) is 6.08 Å². The van der Waals surface area contributed by atoms with Gasteiger partial charge >= 0.3 is 0 Å². The predicted octanol–water partition coefficient (Wildman–Crippen LogP) is 3.66. The lowest BCUT2D eigenvalue weighted by molar-refractivity contribution is 0.0126. The van der Waals surface area contributed by atoms with E-state index in [0.717, 1.165) is 0 Å². The van der Waals surface area contributed by atoms with Gasteiger partial charge in [-0.2, -0.15) is 0 Å². The number of rotatable bonds is 6. The largest absolute Gasteiger partial charge is 0.409 e. The van der Waals surface area contributed by atoms with Crippen molar-refractivity contribution in [3.63, 3.8) is 0 Å². The summed E-state index contributed by atoms with van der Waals surface area (Å²) in [6, 6.07) is 0. The maximum atomic E-state index is 10.5. The van der Waals surface area contributed by atoms with E-state index in [0.29, 0.717) is 12.8 Å². The van der Waals surface area contributed by atoms with Crippen molar-refractivity contribution in [2.24, 2.45) is 0 Å². The number of aliphatic hydroxyl groups excluding tert-OH is 1. The molecule has 1 aliphatic heterocycles. The maximum absolute atomic E-state index is 10.5. The Morgan fingerprint density at radius 2 is 1.65 bits per heavy atom. The SMILES string of the molecule is C=CC[C@@H]1O[C@H](CC=C)[C@H](O[Si](C)(C)C(C)(C)C)[C@H]1O. The summed E-state index contributed by atoms with van der Waals surface area (Å²) >= 11 is 0. The fourth-order valence-corrected chi connectivity index (χ4v) is 3.51. The van der Waals surface area contributed by atoms with Gasteiger partial charge < -0.3 is 14.3 Å². The lowest BCUT2D eigenvalue weighted by Gasteiger charge is -2.40. The molecule has 1 N–H and O–H groups in total. The molecule has 0 aromatic rings. The number of hydrogen-bond donors (Lipinski definition) is 1. The Morgan fingerprint density at radius 1 is 1.15 bits per heavy atom. The second kappa shape index (κ2) is 6.56. The molecule has 1 rings (SSSR count). The highest BCUT2D eigenvalue weighted by atomic mass is 28.4. The molecule has 0 aromatic carbocycles. The predicted molar refractivity (Wildman–Crippen MR) is 86.4 cm³/mol. The smallest absolute Gasteiger partial charge is 0.192 e. The molecule has 0 aliphatic carbocycles. The zero-order chi connectivity index (χ0) is 15.6. The first-order valence-corrected chi connectivity index (χ1v) is 10.3. The van der Waals surface area contributed by atoms with Crippen LogP contribution in [0.3, 0.4) is 0 Å². The summed E-state index contributed by atoms with van der Waals surface area (Å²) in [5.41, 5.74) is 0. The van der Waals surface area contributed by atoms with Crippen molar-refractivity contribution in [1.82, 2.24) is 0 Å². The summed E-state index contributed by atoms with van der Waals surface area (Å²) in [5.74, 6) is 0. The molecular formula is C16H30O3Si. The lowest BCUT2D eigenvalue weighted by atomic mass is 10.0. The van der Waals surface area contributed by atoms with E-state index >= 15 is 0 Å². The van der Waals surface area contributed by atoms with Crippen LogP contribution in [-0.2, 0) is 9.16 Å². The van der Waals surface area contributed by atoms with Crippen LogP contribution in [0.4, 0.5) is 0 Å². The molecule has 1 aliphatic rings. The van der Waals surface area contributed by atoms with Crippen LogP contribution in [0.2, 0.25) is 18.1 Å². The summed E-state index contributed by atoms with van der Waals surface area (Å²) in [7, 11) is -1.94. The van der Waals surface area contributed by atoms with E-state index in [-0.39, 0.29) is 23.4 Å². The molecular weight excluding hydrogens is 268 g/mol. The molecule has 0 radical (unpaired) electrons. The summed E-state index contributed by atoms with van der Waals surface area (Å²) in [4.78, 5) is 0. The highest BCUT2D eigenvalue weighted by molar-refractivity contribution is 6.74. The first-order chi connectivity index (χ1) is 9.14. The van der Waals surface area contributed by atoms with Crippen LogP contribution in [-0.4, -0.2) is 37.8 Å². The molecule has 0 saturated carbocycles. The van der Waals surface area contributed by atoms with Gasteiger partial charge in [-0.3, -0.25) is 0 Å². The number of hydrogen-bond acceptors (Lipinski definition) is 3. The van der Waals surface area contributed by atoms with Crippen LogP contribution in [0.5, 0.6) is 0 Å². The first-order valence-electron chi connectivity index (χ1n) is 7.37. The molecule has 4 heteroatoms. The number of aliphatic hydroxyl groups is 1. The summed E-state index contributed by atoms with van der Waals surface area (Å²) in [6.07, 6.45) is 3.78. The molecule has 3 nitrogen and oxygen atoms in total. The van der Waals surface area contributed by atoms with E-state index in [2.05, 4.69) is 47.0 Å². The molecule has 1 fully saturated rings. The highest BCUT2D eigenvalue weighted by Crippen LogP contribution is 2.40. The minimum atomic E-state index is -1.94. The third kappa shape index (κ3) is 3.82. The maximum Gasteiger partial charge on any atom is 0.192 e. The first kappa shape index (κ1) is 17.6. The zero-order valence-electron chi connectivity index (χ0n) is 13.6. The number of ether oxygens (including phenoxy) is 1. The monoisotopic (exact) mass is 298 g/mol. The third-order valence-corrected chi connectivity index (χ3v) is 8.94. The van der Waals surface area contributed by atoms with Crippen molar-refractivity contribution in [2.75, 3.05) is 0 Å². The topological polar surface area (TPSA) is 38.7 Å². The van der Waals surface area contributed by atoms with Gasteiger partial charge in [-0.05, 0) is 31.0 Å². The standard InChI is InChI=1S/C16H30O3Si/c1-8-10-12-14(17)15(13(18-12)11-9-2)19-20(6,7)16(3,4)5/h8-9,12-15,17H,1-2,10-11H2,3-7H3/t12-,13+,14-,15-/m0/s1. The highest BCUT2D eigenvalue weighted by Gasteiger charge is 2.48. The normalized spacial score (nSPS) is 31.3. The van der Waals surface area contributed by atoms with Gasteiger partial charge in [-0.1, -0.05) is 32.9 Å². The van der Waals surface area contributed by atoms with Gasteiger partial charge in [0, 0.05) is 0 Å². The van der Waals surface area contributed by atoms with Gasteiger partial charge in [-0.15, -0.1) is 13.2 Å². The quantitative estimate of drug-likeness (QED) is 0.601. The van der Waals surface area contributed by atoms with Crippen molar-refractivity contribution in [3.05, 3.63) is 25.3 Å². The van der Waals surface area contributed by atoms with Crippen molar-refractivity contribution >= 4 is 8.32 Å². The fraction of sp³-hybridized carbons (Fsp3) is 0.750. The zero-order valence-corrected chi connectivity index (χ0v) is 14.6. The summed E-state index contributed by atoms with van der Waals surface area (Å²) in [5, 5.41) is 10.6. The summed E-state index contributed by atoms with van der Waals surface area (Å²) in [6.45, 7) is 18.5. The fourth-order valence-electron chi connectivity index (χ4n) is 2.19. The Balaban J connectivity index is 2.88. The Kier molecular flexibility index (Phi) is 5.78. The van der Waals surface area contributed by atoms with E-state index < -0.39 is 14.4 Å². The second-order valence-corrected chi connectivity index (χ2v) is 11.9. The Bertz CT molecular complexity index is 346. The molecule has 20 heavy (non-hydrogen) atoms. The van der Waals surface area contributed by atoms with E-state index in [9.17, 15) is 5.11 Å². The Morgan fingerprint density at radius 3 is 2.10 bits per heavy atom. The van der Waals surface area contributed by atoms with E-state index in [4.69, 9.17) is 9.16 Å². The second-order valence-electron chi connectivity index (χ2n) is 7.10. The van der Waals surface area contributed by atoms with Gasteiger partial charge in [0.2, 0.25) is 0 Å². The van der Waals surface area contributed by atoms with Gasteiger partial charge in [-0.25, -0.2) is 0 Å². The van der Waals surface area contributed by atoms with Crippen molar-refractivity contribution in [1.29, 1.82) is 0 Å². The average Bonchev–Trinajstić information content (AvgIpc) is 2.57. The molecule has 0 amide bonds. The molecule has 1 heterocycles. The Hall–Kier alpha value is -0.423. The van der Waals surface area contributed by atoms with E-state index in [1.165, 1.54) is 0 Å². The Labute approximate surface area is 124 Å².